The number of thiol groups is 1. The van der Waals surface area contributed by atoms with Crippen molar-refractivity contribution >= 4 is 72.6 Å². The summed E-state index contributed by atoms with van der Waals surface area (Å²) in [5, 5.41) is 2.28. The molecule has 0 nitrogen and oxygen atoms in total. The van der Waals surface area contributed by atoms with Gasteiger partial charge in [-0.1, -0.05) is 15.9 Å². The highest BCUT2D eigenvalue weighted by Gasteiger charge is 2.04. The van der Waals surface area contributed by atoms with E-state index in [-0.39, 0.29) is 0 Å². The smallest absolute Gasteiger partial charge is 0.0377 e. The number of thiophene rings is 1. The summed E-state index contributed by atoms with van der Waals surface area (Å²) >= 11 is 12.0. The zero-order valence-corrected chi connectivity index (χ0v) is 12.0. The zero-order valence-electron chi connectivity index (χ0n) is 6.55. The Morgan fingerprint density at radius 2 is 2.15 bits per heavy atom. The summed E-state index contributed by atoms with van der Waals surface area (Å²) in [4.78, 5) is 2.41. The minimum atomic E-state index is 0.935. The van der Waals surface area contributed by atoms with Gasteiger partial charge in [-0.15, -0.1) is 24.0 Å². The third-order valence-corrected chi connectivity index (χ3v) is 4.96. The monoisotopic (exact) mass is 384 g/mol. The molecule has 0 aliphatic carbocycles. The molecule has 0 radical (unpaired) electrons. The zero-order chi connectivity index (χ0) is 9.42. The van der Waals surface area contributed by atoms with Crippen LogP contribution in [0.4, 0.5) is 0 Å². The lowest BCUT2D eigenvalue weighted by Gasteiger charge is -1.95. The maximum absolute atomic E-state index is 4.36. The fraction of sp³-hybridized carbons (Fsp3) is 0.111. The number of rotatable bonds is 1. The van der Waals surface area contributed by atoms with Crippen molar-refractivity contribution < 1.29 is 0 Å². The van der Waals surface area contributed by atoms with Gasteiger partial charge < -0.3 is 0 Å². The lowest BCUT2D eigenvalue weighted by molar-refractivity contribution is 1.51. The van der Waals surface area contributed by atoms with Crippen molar-refractivity contribution in [2.45, 2.75) is 10.2 Å². The molecule has 1 heterocycles. The molecular weight excluding hydrogens is 379 g/mol. The van der Waals surface area contributed by atoms with Gasteiger partial charge in [-0.25, -0.2) is 0 Å². The Bertz CT molecular complexity index is 450. The lowest BCUT2D eigenvalue weighted by atomic mass is 10.2. The van der Waals surface area contributed by atoms with Crippen LogP contribution in [0.3, 0.4) is 0 Å². The maximum atomic E-state index is 4.36. The van der Waals surface area contributed by atoms with Crippen LogP contribution >= 0.6 is 62.5 Å². The lowest BCUT2D eigenvalue weighted by Crippen LogP contribution is -1.72. The topological polar surface area (TPSA) is 0 Å². The molecule has 0 amide bonds. The first-order valence-electron chi connectivity index (χ1n) is 3.67. The average Bonchev–Trinajstić information content (AvgIpc) is 2.47. The van der Waals surface area contributed by atoms with E-state index >= 15 is 0 Å². The summed E-state index contributed by atoms with van der Waals surface area (Å²) in [6, 6.07) is 6.46. The van der Waals surface area contributed by atoms with Gasteiger partial charge in [-0.2, -0.15) is 0 Å². The van der Waals surface area contributed by atoms with Gasteiger partial charge in [-0.05, 0) is 40.8 Å². The van der Waals surface area contributed by atoms with Gasteiger partial charge in [0.25, 0.3) is 0 Å². The number of hydrogen-bond acceptors (Lipinski definition) is 2. The Balaban J connectivity index is 2.75. The van der Waals surface area contributed by atoms with E-state index in [1.165, 1.54) is 18.5 Å². The van der Waals surface area contributed by atoms with Gasteiger partial charge in [0.15, 0.2) is 0 Å². The highest BCUT2D eigenvalue weighted by molar-refractivity contribution is 14.1. The molecule has 0 spiro atoms. The van der Waals surface area contributed by atoms with Crippen molar-refractivity contribution in [2.75, 3.05) is 0 Å². The predicted octanol–water partition coefficient (Wildman–Crippen LogP) is 4.69. The van der Waals surface area contributed by atoms with E-state index in [4.69, 9.17) is 0 Å². The van der Waals surface area contributed by atoms with E-state index in [1.54, 1.807) is 0 Å². The fourth-order valence-corrected chi connectivity index (χ4v) is 4.24. The molecule has 13 heavy (non-hydrogen) atoms. The quantitative estimate of drug-likeness (QED) is 0.411. The number of halogens is 2. The largest absolute Gasteiger partial charge is 0.143 e. The molecule has 0 saturated heterocycles. The second kappa shape index (κ2) is 4.08. The van der Waals surface area contributed by atoms with Crippen LogP contribution in [0.2, 0.25) is 0 Å². The van der Waals surface area contributed by atoms with E-state index in [0.717, 1.165) is 10.2 Å². The Kier molecular flexibility index (Phi) is 3.22. The molecule has 0 N–H and O–H groups in total. The van der Waals surface area contributed by atoms with Crippen molar-refractivity contribution in [1.29, 1.82) is 0 Å². The molecule has 0 atom stereocenters. The Morgan fingerprint density at radius 1 is 1.38 bits per heavy atom. The second-order valence-corrected chi connectivity index (χ2v) is 6.09. The van der Waals surface area contributed by atoms with Gasteiger partial charge in [-0.3, -0.25) is 0 Å². The van der Waals surface area contributed by atoms with Crippen LogP contribution in [-0.2, 0) is 5.33 Å². The minimum Gasteiger partial charge on any atom is -0.143 e. The highest BCUT2D eigenvalue weighted by atomic mass is 127. The van der Waals surface area contributed by atoms with Crippen LogP contribution in [0.15, 0.2) is 23.1 Å². The molecule has 1 aromatic heterocycles. The van der Waals surface area contributed by atoms with Crippen molar-refractivity contribution in [3.05, 3.63) is 26.6 Å². The molecule has 0 aliphatic rings. The molecule has 0 fully saturated rings. The normalized spacial score (nSPS) is 11.0. The Morgan fingerprint density at radius 3 is 2.85 bits per heavy atom. The van der Waals surface area contributed by atoms with E-state index in [0.29, 0.717) is 0 Å². The van der Waals surface area contributed by atoms with Crippen molar-refractivity contribution in [2.24, 2.45) is 0 Å². The summed E-state index contributed by atoms with van der Waals surface area (Å²) in [5.74, 6) is 0. The van der Waals surface area contributed by atoms with Crippen molar-refractivity contribution in [3.63, 3.8) is 0 Å². The number of alkyl halides is 1. The molecule has 2 rings (SSSR count). The van der Waals surface area contributed by atoms with Crippen molar-refractivity contribution in [1.82, 2.24) is 0 Å². The molecule has 1 aromatic carbocycles. The van der Waals surface area contributed by atoms with E-state index in [9.17, 15) is 0 Å². The van der Waals surface area contributed by atoms with E-state index < -0.39 is 0 Å². The molecule has 2 aromatic rings. The number of hydrogen-bond donors (Lipinski definition) is 1. The first-order valence-corrected chi connectivity index (χ1v) is 7.14. The third-order valence-electron chi connectivity index (χ3n) is 1.75. The summed E-state index contributed by atoms with van der Waals surface area (Å²) < 4.78 is 2.61. The van der Waals surface area contributed by atoms with Gasteiger partial charge >= 0.3 is 0 Å². The number of benzene rings is 1. The third kappa shape index (κ3) is 2.06. The molecule has 0 bridgehead atoms. The summed E-state index contributed by atoms with van der Waals surface area (Å²) in [5.41, 5.74) is 0. The average molecular weight is 385 g/mol. The molecular formula is C9H6BrIS2. The van der Waals surface area contributed by atoms with Crippen molar-refractivity contribution in [3.8, 4) is 0 Å². The van der Waals surface area contributed by atoms with E-state index in [2.05, 4.69) is 69.3 Å². The van der Waals surface area contributed by atoms with E-state index in [1.807, 2.05) is 11.3 Å². The SMILES string of the molecule is Sc1cc(I)c2cc(CBr)sc2c1. The maximum Gasteiger partial charge on any atom is 0.0377 e. The van der Waals surface area contributed by atoms with Crippen LogP contribution in [0.1, 0.15) is 4.88 Å². The van der Waals surface area contributed by atoms with Gasteiger partial charge in [0.05, 0.1) is 0 Å². The van der Waals surface area contributed by atoms with Crippen LogP contribution < -0.4 is 0 Å². The van der Waals surface area contributed by atoms with Gasteiger partial charge in [0, 0.05) is 28.8 Å². The fourth-order valence-electron chi connectivity index (χ4n) is 1.20. The van der Waals surface area contributed by atoms with Crippen LogP contribution in [0, 0.1) is 3.57 Å². The summed E-state index contributed by atoms with van der Waals surface area (Å²) in [6.07, 6.45) is 0. The minimum absolute atomic E-state index is 0.935. The molecule has 0 aliphatic heterocycles. The van der Waals surface area contributed by atoms with Crippen LogP contribution in [0.5, 0.6) is 0 Å². The number of fused-ring (bicyclic) bond motifs is 1. The van der Waals surface area contributed by atoms with Crippen LogP contribution in [-0.4, -0.2) is 0 Å². The molecule has 4 heteroatoms. The standard InChI is InChI=1S/C9H6BrIS2/c10-4-6-3-7-8(11)1-5(12)2-9(7)13-6/h1-3,12H,4H2. The summed E-state index contributed by atoms with van der Waals surface area (Å²) in [6.45, 7) is 0. The molecule has 0 saturated carbocycles. The van der Waals surface area contributed by atoms with Gasteiger partial charge in [0.1, 0.15) is 0 Å². The predicted molar refractivity (Wildman–Crippen MR) is 74.4 cm³/mol. The van der Waals surface area contributed by atoms with Crippen LogP contribution in [0.25, 0.3) is 10.1 Å². The summed E-state index contributed by atoms with van der Waals surface area (Å²) in [7, 11) is 0. The Hall–Kier alpha value is 0.740. The molecule has 68 valence electrons. The first kappa shape index (κ1) is 10.3. The second-order valence-electron chi connectivity index (χ2n) is 2.69. The highest BCUT2D eigenvalue weighted by Crippen LogP contribution is 2.32. The molecule has 0 unspecified atom stereocenters. The first-order chi connectivity index (χ1) is 6.20. The van der Waals surface area contributed by atoms with Gasteiger partial charge in [0.2, 0.25) is 0 Å². The Labute approximate surface area is 108 Å².